The van der Waals surface area contributed by atoms with Gasteiger partial charge in [-0.25, -0.2) is 4.79 Å². The fourth-order valence-electron chi connectivity index (χ4n) is 1.61. The fourth-order valence-corrected chi connectivity index (χ4v) is 2.42. The number of hydrogen-bond acceptors (Lipinski definition) is 3. The van der Waals surface area contributed by atoms with Gasteiger partial charge in [-0.2, -0.15) is 5.10 Å². The van der Waals surface area contributed by atoms with Crippen LogP contribution in [0.4, 0.5) is 0 Å². The van der Waals surface area contributed by atoms with E-state index in [2.05, 4.69) is 5.10 Å². The van der Waals surface area contributed by atoms with E-state index in [1.165, 1.54) is 11.3 Å². The van der Waals surface area contributed by atoms with Gasteiger partial charge in [0.25, 0.3) is 0 Å². The molecule has 0 radical (unpaired) electrons. The van der Waals surface area contributed by atoms with E-state index in [1.54, 1.807) is 18.7 Å². The lowest BCUT2D eigenvalue weighted by Gasteiger charge is -1.99. The molecule has 1 N–H and O–H groups in total. The summed E-state index contributed by atoms with van der Waals surface area (Å²) in [6.07, 6.45) is 0. The number of nitrogens with zero attached hydrogens (tertiary/aromatic N) is 2. The summed E-state index contributed by atoms with van der Waals surface area (Å²) in [6.45, 7) is 1.71. The van der Waals surface area contributed by atoms with Crippen LogP contribution in [0.3, 0.4) is 0 Å². The number of carboxylic acids is 1. The van der Waals surface area contributed by atoms with E-state index in [0.717, 1.165) is 4.88 Å². The normalized spacial score (nSPS) is 10.5. The molecule has 0 atom stereocenters. The second-order valence-corrected chi connectivity index (χ2v) is 4.16. The molecule has 0 unspecified atom stereocenters. The third kappa shape index (κ3) is 1.55. The van der Waals surface area contributed by atoms with Crippen LogP contribution in [0, 0.1) is 6.92 Å². The predicted molar refractivity (Wildman–Crippen MR) is 58.2 cm³/mol. The van der Waals surface area contributed by atoms with Gasteiger partial charge in [-0.1, -0.05) is 6.07 Å². The summed E-state index contributed by atoms with van der Waals surface area (Å²) in [5, 5.41) is 15.2. The van der Waals surface area contributed by atoms with Gasteiger partial charge < -0.3 is 5.11 Å². The van der Waals surface area contributed by atoms with Crippen LogP contribution >= 0.6 is 11.3 Å². The standard InChI is InChI=1S/C10H10N2O2S/c1-6-8(10(13)14)9(12(2)11-6)7-4-3-5-15-7/h3-5H,1-2H3,(H,13,14). The molecular formula is C10H10N2O2S. The molecule has 78 valence electrons. The minimum Gasteiger partial charge on any atom is -0.478 e. The van der Waals surface area contributed by atoms with E-state index in [4.69, 9.17) is 5.11 Å². The number of carbonyl (C=O) groups is 1. The van der Waals surface area contributed by atoms with Crippen molar-refractivity contribution in [3.63, 3.8) is 0 Å². The largest absolute Gasteiger partial charge is 0.478 e. The number of thiophene rings is 1. The molecule has 0 aliphatic heterocycles. The van der Waals surface area contributed by atoms with Crippen LogP contribution < -0.4 is 0 Å². The third-order valence-corrected chi connectivity index (χ3v) is 3.07. The number of aromatic carboxylic acids is 1. The number of rotatable bonds is 2. The number of carboxylic acid groups (broad SMARTS) is 1. The summed E-state index contributed by atoms with van der Waals surface area (Å²) in [6, 6.07) is 3.79. The number of aryl methyl sites for hydroxylation is 2. The first-order valence-corrected chi connectivity index (χ1v) is 5.30. The van der Waals surface area contributed by atoms with E-state index in [-0.39, 0.29) is 0 Å². The van der Waals surface area contributed by atoms with Gasteiger partial charge >= 0.3 is 5.97 Å². The van der Waals surface area contributed by atoms with Gasteiger partial charge in [0, 0.05) is 7.05 Å². The third-order valence-electron chi connectivity index (χ3n) is 2.19. The Hall–Kier alpha value is -1.62. The Labute approximate surface area is 90.8 Å². The minimum absolute atomic E-state index is 0.292. The van der Waals surface area contributed by atoms with Crippen LogP contribution in [0.25, 0.3) is 10.6 Å². The molecule has 15 heavy (non-hydrogen) atoms. The molecule has 0 amide bonds. The highest BCUT2D eigenvalue weighted by molar-refractivity contribution is 7.13. The van der Waals surface area contributed by atoms with E-state index >= 15 is 0 Å². The lowest BCUT2D eigenvalue weighted by molar-refractivity contribution is 0.0697. The Bertz CT molecular complexity index is 500. The van der Waals surface area contributed by atoms with Gasteiger partial charge in [0.15, 0.2) is 0 Å². The zero-order chi connectivity index (χ0) is 11.0. The Morgan fingerprint density at radius 3 is 2.87 bits per heavy atom. The topological polar surface area (TPSA) is 55.1 Å². The SMILES string of the molecule is Cc1nn(C)c(-c2cccs2)c1C(=O)O. The van der Waals surface area contributed by atoms with Crippen LogP contribution in [0.15, 0.2) is 17.5 Å². The van der Waals surface area contributed by atoms with Crippen molar-refractivity contribution in [3.05, 3.63) is 28.8 Å². The van der Waals surface area contributed by atoms with Crippen molar-refractivity contribution in [2.24, 2.45) is 7.05 Å². The lowest BCUT2D eigenvalue weighted by Crippen LogP contribution is -2.00. The van der Waals surface area contributed by atoms with Gasteiger partial charge in [0.1, 0.15) is 5.56 Å². The summed E-state index contributed by atoms with van der Waals surface area (Å²) < 4.78 is 1.62. The van der Waals surface area contributed by atoms with Gasteiger partial charge in [0.2, 0.25) is 0 Å². The maximum absolute atomic E-state index is 11.1. The highest BCUT2D eigenvalue weighted by atomic mass is 32.1. The van der Waals surface area contributed by atoms with Crippen molar-refractivity contribution in [3.8, 4) is 10.6 Å². The minimum atomic E-state index is -0.927. The molecule has 0 spiro atoms. The van der Waals surface area contributed by atoms with Crippen molar-refractivity contribution in [1.29, 1.82) is 0 Å². The second kappa shape index (κ2) is 3.51. The molecular weight excluding hydrogens is 212 g/mol. The van der Waals surface area contributed by atoms with Gasteiger partial charge in [-0.15, -0.1) is 11.3 Å². The van der Waals surface area contributed by atoms with E-state index in [0.29, 0.717) is 17.0 Å². The Morgan fingerprint density at radius 1 is 1.60 bits per heavy atom. The second-order valence-electron chi connectivity index (χ2n) is 3.22. The van der Waals surface area contributed by atoms with E-state index < -0.39 is 5.97 Å². The average molecular weight is 222 g/mol. The number of hydrogen-bond donors (Lipinski definition) is 1. The molecule has 5 heteroatoms. The zero-order valence-corrected chi connectivity index (χ0v) is 9.21. The molecule has 0 saturated heterocycles. The summed E-state index contributed by atoms with van der Waals surface area (Å²) >= 11 is 1.51. The fraction of sp³-hybridized carbons (Fsp3) is 0.200. The Kier molecular flexibility index (Phi) is 2.32. The quantitative estimate of drug-likeness (QED) is 0.847. The molecule has 0 bridgehead atoms. The van der Waals surface area contributed by atoms with Crippen molar-refractivity contribution in [1.82, 2.24) is 9.78 Å². The van der Waals surface area contributed by atoms with E-state index in [1.807, 2.05) is 17.5 Å². The molecule has 2 aromatic rings. The molecule has 0 aliphatic rings. The molecule has 0 aliphatic carbocycles. The summed E-state index contributed by atoms with van der Waals surface area (Å²) in [4.78, 5) is 12.0. The Balaban J connectivity index is 2.70. The first-order valence-electron chi connectivity index (χ1n) is 4.42. The maximum atomic E-state index is 11.1. The molecule has 2 rings (SSSR count). The molecule has 0 fully saturated rings. The zero-order valence-electron chi connectivity index (χ0n) is 8.39. The highest BCUT2D eigenvalue weighted by Gasteiger charge is 2.20. The van der Waals surface area contributed by atoms with Gasteiger partial charge in [-0.3, -0.25) is 4.68 Å². The molecule has 4 nitrogen and oxygen atoms in total. The van der Waals surface area contributed by atoms with Crippen molar-refractivity contribution in [2.75, 3.05) is 0 Å². The Morgan fingerprint density at radius 2 is 2.33 bits per heavy atom. The molecule has 2 aromatic heterocycles. The summed E-state index contributed by atoms with van der Waals surface area (Å²) in [5.74, 6) is -0.927. The average Bonchev–Trinajstić information content (AvgIpc) is 2.71. The first-order chi connectivity index (χ1) is 7.11. The summed E-state index contributed by atoms with van der Waals surface area (Å²) in [7, 11) is 1.76. The lowest BCUT2D eigenvalue weighted by atomic mass is 10.1. The van der Waals surface area contributed by atoms with Crippen LogP contribution in [-0.4, -0.2) is 20.9 Å². The first kappa shape index (κ1) is 9.92. The maximum Gasteiger partial charge on any atom is 0.339 e. The van der Waals surface area contributed by atoms with Crippen molar-refractivity contribution >= 4 is 17.3 Å². The molecule has 2 heterocycles. The monoisotopic (exact) mass is 222 g/mol. The van der Waals surface area contributed by atoms with Gasteiger partial charge in [-0.05, 0) is 18.4 Å². The van der Waals surface area contributed by atoms with Crippen molar-refractivity contribution in [2.45, 2.75) is 6.92 Å². The highest BCUT2D eigenvalue weighted by Crippen LogP contribution is 2.29. The predicted octanol–water partition coefficient (Wildman–Crippen LogP) is 2.16. The van der Waals surface area contributed by atoms with Crippen LogP contribution in [0.1, 0.15) is 16.1 Å². The molecule has 0 aromatic carbocycles. The number of aromatic nitrogens is 2. The van der Waals surface area contributed by atoms with E-state index in [9.17, 15) is 4.79 Å². The van der Waals surface area contributed by atoms with Crippen LogP contribution in [-0.2, 0) is 7.05 Å². The van der Waals surface area contributed by atoms with Crippen LogP contribution in [0.5, 0.6) is 0 Å². The van der Waals surface area contributed by atoms with Crippen molar-refractivity contribution < 1.29 is 9.90 Å². The van der Waals surface area contributed by atoms with Gasteiger partial charge in [0.05, 0.1) is 16.3 Å². The molecule has 0 saturated carbocycles. The summed E-state index contributed by atoms with van der Waals surface area (Å²) in [5.41, 5.74) is 1.52. The smallest absolute Gasteiger partial charge is 0.339 e. The van der Waals surface area contributed by atoms with Crippen LogP contribution in [0.2, 0.25) is 0 Å².